The molecular formula is C33H44O9. The van der Waals surface area contributed by atoms with Crippen molar-refractivity contribution in [2.24, 2.45) is 5.92 Å². The summed E-state index contributed by atoms with van der Waals surface area (Å²) in [7, 11) is 1.57. The van der Waals surface area contributed by atoms with Gasteiger partial charge in [-0.05, 0) is 38.8 Å². The zero-order valence-electron chi connectivity index (χ0n) is 25.1. The summed E-state index contributed by atoms with van der Waals surface area (Å²) in [5.41, 5.74) is 2.02. The molecule has 0 spiro atoms. The minimum absolute atomic E-state index is 0.322. The van der Waals surface area contributed by atoms with Crippen LogP contribution in [0.15, 0.2) is 73.3 Å². The van der Waals surface area contributed by atoms with Crippen molar-refractivity contribution in [3.63, 3.8) is 0 Å². The number of aliphatic hydroxyl groups is 1. The van der Waals surface area contributed by atoms with Crippen LogP contribution in [0.5, 0.6) is 0 Å². The molecule has 2 aromatic carbocycles. The third-order valence-electron chi connectivity index (χ3n) is 7.95. The van der Waals surface area contributed by atoms with E-state index >= 15 is 0 Å². The molecule has 9 nitrogen and oxygen atoms in total. The Morgan fingerprint density at radius 3 is 1.98 bits per heavy atom. The summed E-state index contributed by atoms with van der Waals surface area (Å²) >= 11 is 0. The molecule has 0 aliphatic carbocycles. The highest BCUT2D eigenvalue weighted by Crippen LogP contribution is 2.41. The molecule has 2 aromatic rings. The molecule has 0 unspecified atom stereocenters. The van der Waals surface area contributed by atoms with Crippen LogP contribution in [0.2, 0.25) is 0 Å². The number of benzene rings is 2. The lowest BCUT2D eigenvalue weighted by Crippen LogP contribution is -2.51. The zero-order valence-corrected chi connectivity index (χ0v) is 25.1. The van der Waals surface area contributed by atoms with Gasteiger partial charge in [-0.3, -0.25) is 0 Å². The van der Waals surface area contributed by atoms with Crippen LogP contribution < -0.4 is 0 Å². The summed E-state index contributed by atoms with van der Waals surface area (Å²) in [6.45, 7) is 12.4. The fraction of sp³-hybridized carbons (Fsp3) is 0.576. The second-order valence-corrected chi connectivity index (χ2v) is 12.0. The molecule has 0 aromatic heterocycles. The van der Waals surface area contributed by atoms with E-state index in [1.807, 2.05) is 88.4 Å². The summed E-state index contributed by atoms with van der Waals surface area (Å²) < 4.78 is 49.6. The maximum absolute atomic E-state index is 11.9. The molecule has 9 heteroatoms. The highest BCUT2D eigenvalue weighted by molar-refractivity contribution is 5.15. The first kappa shape index (κ1) is 31.3. The Morgan fingerprint density at radius 1 is 0.857 bits per heavy atom. The molecule has 1 N–H and O–H groups in total. The van der Waals surface area contributed by atoms with Crippen molar-refractivity contribution in [1.29, 1.82) is 0 Å². The lowest BCUT2D eigenvalue weighted by Gasteiger charge is -2.34. The molecule has 3 heterocycles. The van der Waals surface area contributed by atoms with Gasteiger partial charge in [-0.1, -0.05) is 66.7 Å². The van der Waals surface area contributed by atoms with Crippen LogP contribution in [0, 0.1) is 5.92 Å². The average Bonchev–Trinajstić information content (AvgIpc) is 3.63. The number of rotatable bonds is 12. The van der Waals surface area contributed by atoms with Crippen LogP contribution in [0.4, 0.5) is 0 Å². The fourth-order valence-corrected chi connectivity index (χ4v) is 5.98. The second kappa shape index (κ2) is 13.2. The van der Waals surface area contributed by atoms with Gasteiger partial charge in [0, 0.05) is 13.0 Å². The Morgan fingerprint density at radius 2 is 1.45 bits per heavy atom. The van der Waals surface area contributed by atoms with Gasteiger partial charge in [0.25, 0.3) is 0 Å². The Hall–Kier alpha value is -2.18. The number of methoxy groups -OCH3 is 1. The van der Waals surface area contributed by atoms with Crippen molar-refractivity contribution >= 4 is 0 Å². The van der Waals surface area contributed by atoms with Crippen LogP contribution in [-0.4, -0.2) is 79.4 Å². The molecule has 3 aliphatic heterocycles. The predicted molar refractivity (Wildman–Crippen MR) is 154 cm³/mol. The van der Waals surface area contributed by atoms with Crippen molar-refractivity contribution in [3.05, 3.63) is 84.4 Å². The first-order valence-electron chi connectivity index (χ1n) is 14.6. The van der Waals surface area contributed by atoms with E-state index in [0.717, 1.165) is 11.1 Å². The summed E-state index contributed by atoms with van der Waals surface area (Å²) in [6.07, 6.45) is -3.67. The molecule has 230 valence electrons. The van der Waals surface area contributed by atoms with Gasteiger partial charge in [-0.25, -0.2) is 0 Å². The fourth-order valence-electron chi connectivity index (χ4n) is 5.98. The number of aliphatic hydroxyl groups excluding tert-OH is 1. The molecule has 0 amide bonds. The molecule has 42 heavy (non-hydrogen) atoms. The van der Waals surface area contributed by atoms with Crippen LogP contribution in [0.3, 0.4) is 0 Å². The first-order valence-corrected chi connectivity index (χ1v) is 14.6. The number of ether oxygens (including phenoxy) is 8. The topological polar surface area (TPSA) is 94.1 Å². The monoisotopic (exact) mass is 584 g/mol. The van der Waals surface area contributed by atoms with E-state index in [1.165, 1.54) is 0 Å². The van der Waals surface area contributed by atoms with Crippen molar-refractivity contribution < 1.29 is 43.0 Å². The van der Waals surface area contributed by atoms with Gasteiger partial charge in [0.05, 0.1) is 32.0 Å². The van der Waals surface area contributed by atoms with Gasteiger partial charge >= 0.3 is 0 Å². The van der Waals surface area contributed by atoms with E-state index < -0.39 is 66.5 Å². The quantitative estimate of drug-likeness (QED) is 0.365. The molecule has 3 fully saturated rings. The first-order chi connectivity index (χ1) is 20.1. The van der Waals surface area contributed by atoms with Gasteiger partial charge in [0.15, 0.2) is 17.9 Å². The SMILES string of the molecule is C=C[C@H]([C@@H](O)[C@H]1OC(C)(C)O[C@@H]1[C@H]1COC(C)(C)O1)[C@H]1O[C@@H](OC)[C@H](OCc2ccccc2)[C@@H]1OCc1ccccc1. The van der Waals surface area contributed by atoms with Gasteiger partial charge in [-0.2, -0.15) is 0 Å². The highest BCUT2D eigenvalue weighted by Gasteiger charge is 2.57. The minimum atomic E-state index is -1.07. The maximum atomic E-state index is 11.9. The van der Waals surface area contributed by atoms with Crippen molar-refractivity contribution in [1.82, 2.24) is 0 Å². The lowest BCUT2D eigenvalue weighted by molar-refractivity contribution is -0.181. The number of hydrogen-bond acceptors (Lipinski definition) is 9. The molecular weight excluding hydrogens is 540 g/mol. The standard InChI is InChI=1S/C33H44O9/c1-7-23(25(34)28-27(41-33(4,5)42-28)24-20-38-32(2,3)40-24)26-29(36-18-21-14-10-8-11-15-21)30(31(35-6)39-26)37-19-22-16-12-9-13-17-22/h7-17,23-31,34H,1,18-20H2,2-6H3/t23-,24-,25-,26-,27-,28-,29-,30-,31-/m1/s1. The lowest BCUT2D eigenvalue weighted by atomic mass is 9.86. The maximum Gasteiger partial charge on any atom is 0.186 e. The molecule has 3 aliphatic rings. The second-order valence-electron chi connectivity index (χ2n) is 12.0. The van der Waals surface area contributed by atoms with Gasteiger partial charge < -0.3 is 43.0 Å². The molecule has 0 radical (unpaired) electrons. The van der Waals surface area contributed by atoms with Crippen LogP contribution in [0.25, 0.3) is 0 Å². The Labute approximate surface area is 248 Å². The van der Waals surface area contributed by atoms with E-state index in [-0.39, 0.29) is 0 Å². The van der Waals surface area contributed by atoms with Gasteiger partial charge in [-0.15, -0.1) is 6.58 Å². The summed E-state index contributed by atoms with van der Waals surface area (Å²) in [4.78, 5) is 0. The summed E-state index contributed by atoms with van der Waals surface area (Å²) in [6, 6.07) is 19.8. The van der Waals surface area contributed by atoms with Gasteiger partial charge in [0.2, 0.25) is 0 Å². The number of hydrogen-bond donors (Lipinski definition) is 1. The van der Waals surface area contributed by atoms with E-state index in [0.29, 0.717) is 19.8 Å². The molecule has 9 atom stereocenters. The molecule has 5 rings (SSSR count). The Balaban J connectivity index is 1.39. The smallest absolute Gasteiger partial charge is 0.186 e. The Kier molecular flexibility index (Phi) is 9.83. The molecule has 0 saturated carbocycles. The van der Waals surface area contributed by atoms with Gasteiger partial charge in [0.1, 0.15) is 30.5 Å². The minimum Gasteiger partial charge on any atom is -0.390 e. The zero-order chi connectivity index (χ0) is 29.9. The van der Waals surface area contributed by atoms with E-state index in [2.05, 4.69) is 6.58 Å². The summed E-state index contributed by atoms with van der Waals surface area (Å²) in [5.74, 6) is -2.31. The van der Waals surface area contributed by atoms with Crippen LogP contribution >= 0.6 is 0 Å². The largest absolute Gasteiger partial charge is 0.390 e. The van der Waals surface area contributed by atoms with Crippen molar-refractivity contribution in [2.75, 3.05) is 13.7 Å². The van der Waals surface area contributed by atoms with Crippen LogP contribution in [0.1, 0.15) is 38.8 Å². The molecule has 0 bridgehead atoms. The molecule has 3 saturated heterocycles. The average molecular weight is 585 g/mol. The normalized spacial score (nSPS) is 33.4. The van der Waals surface area contributed by atoms with E-state index in [4.69, 9.17) is 37.9 Å². The van der Waals surface area contributed by atoms with E-state index in [9.17, 15) is 5.11 Å². The third kappa shape index (κ3) is 7.13. The predicted octanol–water partition coefficient (Wildman–Crippen LogP) is 4.36. The Bertz CT molecular complexity index is 1140. The third-order valence-corrected chi connectivity index (χ3v) is 7.95. The highest BCUT2D eigenvalue weighted by atomic mass is 16.8. The van der Waals surface area contributed by atoms with Crippen molar-refractivity contribution in [3.8, 4) is 0 Å². The summed E-state index contributed by atoms with van der Waals surface area (Å²) in [5, 5.41) is 11.9. The van der Waals surface area contributed by atoms with E-state index in [1.54, 1.807) is 13.2 Å². The van der Waals surface area contributed by atoms with Crippen LogP contribution in [-0.2, 0) is 51.1 Å². The van der Waals surface area contributed by atoms with Crippen molar-refractivity contribution in [2.45, 2.75) is 102 Å².